The molecule has 3 aliphatic rings. The minimum atomic E-state index is -1.54. The molecule has 3 fully saturated rings. The molecule has 4 aromatic carbocycles. The highest BCUT2D eigenvalue weighted by molar-refractivity contribution is 6.00. The van der Waals surface area contributed by atoms with Crippen LogP contribution in [0, 0.1) is 0 Å². The van der Waals surface area contributed by atoms with Crippen molar-refractivity contribution in [1.82, 2.24) is 36.4 Å². The van der Waals surface area contributed by atoms with Crippen molar-refractivity contribution in [1.29, 1.82) is 0 Å². The first-order chi connectivity index (χ1) is 39.1. The van der Waals surface area contributed by atoms with Gasteiger partial charge in [0.15, 0.2) is 0 Å². The van der Waals surface area contributed by atoms with Gasteiger partial charge in [-0.15, -0.1) is 0 Å². The van der Waals surface area contributed by atoms with Crippen LogP contribution in [0.1, 0.15) is 126 Å². The van der Waals surface area contributed by atoms with Gasteiger partial charge in [-0.3, -0.25) is 33.6 Å². The number of nitrogens with one attached hydrogen (secondary N) is 5. The van der Waals surface area contributed by atoms with E-state index in [1.165, 1.54) is 61.0 Å². The lowest BCUT2D eigenvalue weighted by molar-refractivity contribution is -0.144. The fraction of sp³-hybridized carbons (Fsp3) is 0.500. The normalized spacial score (nSPS) is 22.8. The fourth-order valence-electron chi connectivity index (χ4n) is 10.8. The minimum absolute atomic E-state index is 0.0136. The van der Waals surface area contributed by atoms with Gasteiger partial charge < -0.3 is 62.8 Å². The molecular formula is C62H83N9O10. The number of aliphatic hydroxyl groups excluding tert-OH is 1. The number of nitrogens with two attached hydrogens (primary N) is 2. The summed E-state index contributed by atoms with van der Waals surface area (Å²) in [7, 11) is 0. The van der Waals surface area contributed by atoms with Gasteiger partial charge in [0.1, 0.15) is 47.8 Å². The maximum absolute atomic E-state index is 14.5. The van der Waals surface area contributed by atoms with Crippen LogP contribution in [0.5, 0.6) is 11.5 Å². The molecule has 3 saturated heterocycles. The van der Waals surface area contributed by atoms with Gasteiger partial charge in [0.2, 0.25) is 35.4 Å². The van der Waals surface area contributed by atoms with Gasteiger partial charge in [-0.2, -0.15) is 0 Å². The van der Waals surface area contributed by atoms with Gasteiger partial charge in [0, 0.05) is 31.2 Å². The number of carbonyl (C=O) groups is 7. The third kappa shape index (κ3) is 17.3. The molecule has 0 spiro atoms. The molecule has 19 nitrogen and oxygen atoms in total. The highest BCUT2D eigenvalue weighted by atomic mass is 16.5. The number of benzene rings is 4. The average molecular weight is 1110 g/mol. The second kappa shape index (κ2) is 30.5. The summed E-state index contributed by atoms with van der Waals surface area (Å²) >= 11 is 0. The number of phenols is 1. The molecule has 7 amide bonds. The third-order valence-corrected chi connectivity index (χ3v) is 15.6. The molecule has 0 aliphatic carbocycles. The average Bonchev–Trinajstić information content (AvgIpc) is 4.13. The highest BCUT2D eigenvalue weighted by Gasteiger charge is 2.43. The van der Waals surface area contributed by atoms with Crippen molar-refractivity contribution in [3.63, 3.8) is 0 Å². The van der Waals surface area contributed by atoms with Gasteiger partial charge >= 0.3 is 0 Å². The lowest BCUT2D eigenvalue weighted by Crippen LogP contribution is -2.61. The molecule has 0 unspecified atom stereocenters. The van der Waals surface area contributed by atoms with Gasteiger partial charge in [0.05, 0.1) is 12.7 Å². The predicted octanol–water partition coefficient (Wildman–Crippen LogP) is 4.99. The number of rotatable bonds is 20. The van der Waals surface area contributed by atoms with E-state index in [2.05, 4.69) is 33.5 Å². The van der Waals surface area contributed by atoms with Crippen LogP contribution >= 0.6 is 0 Å². The van der Waals surface area contributed by atoms with E-state index >= 15 is 0 Å². The van der Waals surface area contributed by atoms with E-state index in [1.54, 1.807) is 24.3 Å². The number of fused-ring (bicyclic) bond motifs is 2. The van der Waals surface area contributed by atoms with Crippen LogP contribution in [-0.4, -0.2) is 143 Å². The predicted molar refractivity (Wildman–Crippen MR) is 309 cm³/mol. The smallest absolute Gasteiger partial charge is 0.251 e. The number of aliphatic hydroxyl groups is 1. The largest absolute Gasteiger partial charge is 0.508 e. The summed E-state index contributed by atoms with van der Waals surface area (Å²) in [5, 5.41) is 35.1. The number of carbonyl (C=O) groups excluding carboxylic acids is 7. The SMILES string of the molecule is CCCCCCCCOc1ccc(-c2ccc(-c3ccc(C(=O)N[C@H]4CCCNC(=O)[C@@H]5C[C@H](N)CN5C(=O)[C@H](CCCCN)NC(=O)[C@H](CCc5ccc(O)cc5)NC(=O)[C@@H]5CCCN5C(=O)[C@H]([C@@H](C)O)NC4=O)cc3)cc2)cc1. The van der Waals surface area contributed by atoms with Gasteiger partial charge in [-0.25, -0.2) is 0 Å². The summed E-state index contributed by atoms with van der Waals surface area (Å²) in [6, 6.07) is 21.7. The van der Waals surface area contributed by atoms with Crippen molar-refractivity contribution in [3.05, 3.63) is 108 Å². The second-order valence-corrected chi connectivity index (χ2v) is 21.8. The van der Waals surface area contributed by atoms with E-state index in [1.807, 2.05) is 60.7 Å². The van der Waals surface area contributed by atoms with Gasteiger partial charge in [-0.05, 0) is 148 Å². The van der Waals surface area contributed by atoms with Crippen LogP contribution in [0.15, 0.2) is 97.1 Å². The molecule has 8 atom stereocenters. The Bertz CT molecular complexity index is 2720. The molecule has 81 heavy (non-hydrogen) atoms. The van der Waals surface area contributed by atoms with E-state index in [-0.39, 0.29) is 75.9 Å². The van der Waals surface area contributed by atoms with E-state index in [0.29, 0.717) is 32.4 Å². The summed E-state index contributed by atoms with van der Waals surface area (Å²) in [5.41, 5.74) is 17.1. The van der Waals surface area contributed by atoms with Crippen LogP contribution in [-0.2, 0) is 35.2 Å². The zero-order valence-electron chi connectivity index (χ0n) is 46.9. The first-order valence-electron chi connectivity index (χ1n) is 29.1. The number of aryl methyl sites for hydroxylation is 1. The van der Waals surface area contributed by atoms with E-state index in [9.17, 15) is 43.8 Å². The van der Waals surface area contributed by atoms with Crippen LogP contribution in [0.4, 0.5) is 0 Å². The lowest BCUT2D eigenvalue weighted by Gasteiger charge is -2.32. The number of unbranched alkanes of at least 4 members (excludes halogenated alkanes) is 6. The summed E-state index contributed by atoms with van der Waals surface area (Å²) in [6.07, 6.45) is 8.25. The quantitative estimate of drug-likeness (QED) is 0.0530. The summed E-state index contributed by atoms with van der Waals surface area (Å²) in [4.78, 5) is 103. The zero-order chi connectivity index (χ0) is 57.8. The molecule has 0 saturated carbocycles. The molecule has 0 bridgehead atoms. The van der Waals surface area contributed by atoms with Crippen molar-refractivity contribution in [2.75, 3.05) is 32.8 Å². The monoisotopic (exact) mass is 1110 g/mol. The van der Waals surface area contributed by atoms with Crippen molar-refractivity contribution < 1.29 is 48.5 Å². The molecule has 19 heteroatoms. The van der Waals surface area contributed by atoms with Crippen LogP contribution in [0.25, 0.3) is 22.3 Å². The third-order valence-electron chi connectivity index (χ3n) is 15.6. The Morgan fingerprint density at radius 1 is 0.679 bits per heavy atom. The number of nitrogens with zero attached hydrogens (tertiary/aromatic N) is 2. The van der Waals surface area contributed by atoms with E-state index < -0.39 is 89.7 Å². The van der Waals surface area contributed by atoms with Gasteiger partial charge in [0.25, 0.3) is 5.91 Å². The maximum atomic E-state index is 14.5. The zero-order valence-corrected chi connectivity index (χ0v) is 46.9. The Morgan fingerprint density at radius 3 is 1.96 bits per heavy atom. The Kier molecular flexibility index (Phi) is 23.0. The topological polar surface area (TPSA) is 288 Å². The standard InChI is InChI=1S/C62H83N9O10/c1-3-4-5-6-7-10-37-81-49-31-27-45(28-32-49)43-21-19-42(20-22-43)44-23-25-46(26-24-44)56(74)66-50-14-11-35-65-59(77)54-38-47(64)39-71(54)61(79)52(13-8-9-34-63)68-57(75)51(33-18-41-16-29-48(73)30-17-41)67-60(78)53-15-12-36-70(53)62(80)55(40(2)72)69-58(50)76/h16-17,19-32,40,47,50-55,72-73H,3-15,18,33-39,63-64H2,1-2H3,(H,65,77)(H,66,74)(H,67,78)(H,68,75)(H,69,76)/t40-,47+,50+,51+,52+,53+,54+,55+/m1/s1. The first kappa shape index (κ1) is 61.3. The number of hydrogen-bond acceptors (Lipinski definition) is 12. The fourth-order valence-corrected chi connectivity index (χ4v) is 10.8. The van der Waals surface area contributed by atoms with Crippen molar-refractivity contribution >= 4 is 41.4 Å². The number of ether oxygens (including phenoxy) is 1. The molecule has 4 aromatic rings. The Balaban J connectivity index is 1.08. The number of hydrogen-bond donors (Lipinski definition) is 9. The molecule has 7 rings (SSSR count). The van der Waals surface area contributed by atoms with Crippen LogP contribution in [0.3, 0.4) is 0 Å². The van der Waals surface area contributed by atoms with Crippen molar-refractivity contribution in [2.45, 2.75) is 165 Å². The number of aromatic hydroxyl groups is 1. The molecule has 3 aliphatic heterocycles. The Hall–Kier alpha value is -7.35. The lowest BCUT2D eigenvalue weighted by atomic mass is 9.99. The number of amides is 7. The highest BCUT2D eigenvalue weighted by Crippen LogP contribution is 2.28. The molecule has 11 N–H and O–H groups in total. The summed E-state index contributed by atoms with van der Waals surface area (Å²) < 4.78 is 5.98. The Morgan fingerprint density at radius 2 is 1.31 bits per heavy atom. The molecule has 0 aromatic heterocycles. The minimum Gasteiger partial charge on any atom is -0.508 e. The summed E-state index contributed by atoms with van der Waals surface area (Å²) in [5.74, 6) is -3.54. The second-order valence-electron chi connectivity index (χ2n) is 21.8. The molecule has 436 valence electrons. The van der Waals surface area contributed by atoms with Crippen molar-refractivity contribution in [3.8, 4) is 33.8 Å². The molecule has 3 heterocycles. The van der Waals surface area contributed by atoms with Crippen LogP contribution in [0.2, 0.25) is 0 Å². The molecule has 0 radical (unpaired) electrons. The number of phenolic OH excluding ortho intramolecular Hbond substituents is 1. The van der Waals surface area contributed by atoms with Crippen LogP contribution < -0.4 is 42.8 Å². The van der Waals surface area contributed by atoms with E-state index in [0.717, 1.165) is 40.0 Å². The van der Waals surface area contributed by atoms with Crippen molar-refractivity contribution in [2.24, 2.45) is 11.5 Å². The summed E-state index contributed by atoms with van der Waals surface area (Å²) in [6.45, 7) is 4.78. The van der Waals surface area contributed by atoms with Gasteiger partial charge in [-0.1, -0.05) is 99.7 Å². The first-order valence-corrected chi connectivity index (χ1v) is 29.1. The molecular weight excluding hydrogens is 1030 g/mol. The van der Waals surface area contributed by atoms with E-state index in [4.69, 9.17) is 16.2 Å². The Labute approximate surface area is 475 Å². The maximum Gasteiger partial charge on any atom is 0.251 e.